The lowest BCUT2D eigenvalue weighted by Gasteiger charge is -2.29. The minimum Gasteiger partial charge on any atom is -0.382 e. The van der Waals surface area contributed by atoms with Crippen LogP contribution in [0.3, 0.4) is 0 Å². The van der Waals surface area contributed by atoms with Crippen LogP contribution >= 0.6 is 0 Å². The summed E-state index contributed by atoms with van der Waals surface area (Å²) in [6.45, 7) is 7.24. The first-order valence-corrected chi connectivity index (χ1v) is 7.87. The summed E-state index contributed by atoms with van der Waals surface area (Å²) in [6.07, 6.45) is 1.09. The van der Waals surface area contributed by atoms with E-state index in [-0.39, 0.29) is 24.2 Å². The maximum Gasteiger partial charge on any atom is 0.217 e. The second-order valence-electron chi connectivity index (χ2n) is 6.31. The summed E-state index contributed by atoms with van der Waals surface area (Å²) in [6, 6.07) is 0.144. The molecular weight excluding hydrogens is 288 g/mol. The van der Waals surface area contributed by atoms with Crippen LogP contribution in [0, 0.1) is 0 Å². The van der Waals surface area contributed by atoms with Gasteiger partial charge in [-0.3, -0.25) is 9.69 Å². The van der Waals surface area contributed by atoms with Crippen LogP contribution in [-0.4, -0.2) is 74.9 Å². The lowest BCUT2D eigenvalue weighted by atomic mass is 10.0. The topological polar surface area (TPSA) is 83.2 Å². The number of amides is 1. The fraction of sp³-hybridized carbons (Fsp3) is 0.933. The highest BCUT2D eigenvalue weighted by Gasteiger charge is 2.51. The lowest BCUT2D eigenvalue weighted by Crippen LogP contribution is -2.40. The molecule has 2 fully saturated rings. The Hall–Kier alpha value is -0.730. The summed E-state index contributed by atoms with van der Waals surface area (Å²) < 4.78 is 22.4. The van der Waals surface area contributed by atoms with Crippen molar-refractivity contribution in [3.8, 4) is 0 Å². The number of ether oxygens (including phenoxy) is 4. The van der Waals surface area contributed by atoms with Crippen LogP contribution in [0.1, 0.15) is 26.7 Å². The highest BCUT2D eigenvalue weighted by Crippen LogP contribution is 2.37. The van der Waals surface area contributed by atoms with Gasteiger partial charge in [-0.2, -0.15) is 0 Å². The summed E-state index contributed by atoms with van der Waals surface area (Å²) in [4.78, 5) is 13.4. The number of primary amides is 1. The van der Waals surface area contributed by atoms with Crippen LogP contribution in [0.4, 0.5) is 0 Å². The van der Waals surface area contributed by atoms with E-state index in [1.165, 1.54) is 0 Å². The van der Waals surface area contributed by atoms with Gasteiger partial charge in [0.15, 0.2) is 5.79 Å². The fourth-order valence-corrected chi connectivity index (χ4v) is 3.22. The van der Waals surface area contributed by atoms with Crippen LogP contribution in [0.25, 0.3) is 0 Å². The molecule has 2 N–H and O–H groups in total. The Labute approximate surface area is 132 Å². The van der Waals surface area contributed by atoms with Crippen molar-refractivity contribution in [2.45, 2.75) is 50.7 Å². The Balaban J connectivity index is 1.87. The molecule has 2 saturated heterocycles. The molecule has 7 heteroatoms. The quantitative estimate of drug-likeness (QED) is 0.608. The number of carbonyl (C=O) groups is 1. The van der Waals surface area contributed by atoms with Gasteiger partial charge >= 0.3 is 0 Å². The van der Waals surface area contributed by atoms with Gasteiger partial charge in [0.05, 0.1) is 19.8 Å². The largest absolute Gasteiger partial charge is 0.382 e. The van der Waals surface area contributed by atoms with Crippen molar-refractivity contribution >= 4 is 5.91 Å². The van der Waals surface area contributed by atoms with Crippen molar-refractivity contribution < 1.29 is 23.7 Å². The van der Waals surface area contributed by atoms with Crippen LogP contribution in [0.5, 0.6) is 0 Å². The molecule has 128 valence electrons. The first kappa shape index (κ1) is 17.6. The van der Waals surface area contributed by atoms with Gasteiger partial charge in [0.1, 0.15) is 12.2 Å². The third-order valence-electron chi connectivity index (χ3n) is 4.13. The third-order valence-corrected chi connectivity index (χ3v) is 4.13. The molecule has 0 radical (unpaired) electrons. The number of likely N-dealkylation sites (tertiary alicyclic amines) is 1. The van der Waals surface area contributed by atoms with E-state index in [9.17, 15) is 4.79 Å². The number of hydrogen-bond acceptors (Lipinski definition) is 6. The molecule has 7 nitrogen and oxygen atoms in total. The van der Waals surface area contributed by atoms with E-state index < -0.39 is 5.79 Å². The molecule has 0 aliphatic carbocycles. The molecule has 1 amide bonds. The highest BCUT2D eigenvalue weighted by molar-refractivity contribution is 5.73. The monoisotopic (exact) mass is 316 g/mol. The molecule has 3 atom stereocenters. The molecular formula is C15H28N2O5. The third kappa shape index (κ3) is 4.63. The summed E-state index contributed by atoms with van der Waals surface area (Å²) in [5.74, 6) is -0.834. The molecule has 0 saturated carbocycles. The first-order valence-electron chi connectivity index (χ1n) is 7.87. The van der Waals surface area contributed by atoms with Crippen LogP contribution in [0.15, 0.2) is 0 Å². The van der Waals surface area contributed by atoms with Gasteiger partial charge in [-0.25, -0.2) is 0 Å². The van der Waals surface area contributed by atoms with Crippen molar-refractivity contribution in [2.75, 3.05) is 40.0 Å². The number of methoxy groups -OCH3 is 1. The Morgan fingerprint density at radius 1 is 1.32 bits per heavy atom. The maximum absolute atomic E-state index is 11.1. The van der Waals surface area contributed by atoms with Crippen molar-refractivity contribution in [3.63, 3.8) is 0 Å². The van der Waals surface area contributed by atoms with E-state index in [1.807, 2.05) is 13.8 Å². The molecule has 0 bridgehead atoms. The van der Waals surface area contributed by atoms with Gasteiger partial charge in [0.2, 0.25) is 5.91 Å². The summed E-state index contributed by atoms with van der Waals surface area (Å²) in [5, 5.41) is 0. The van der Waals surface area contributed by atoms with Crippen molar-refractivity contribution in [3.05, 3.63) is 0 Å². The van der Waals surface area contributed by atoms with E-state index in [0.29, 0.717) is 32.7 Å². The van der Waals surface area contributed by atoms with Gasteiger partial charge in [-0.15, -0.1) is 0 Å². The summed E-state index contributed by atoms with van der Waals surface area (Å²) in [7, 11) is 1.65. The van der Waals surface area contributed by atoms with Crippen LogP contribution < -0.4 is 5.73 Å². The number of nitrogens with two attached hydrogens (primary N) is 1. The average molecular weight is 316 g/mol. The van der Waals surface area contributed by atoms with E-state index in [1.54, 1.807) is 7.11 Å². The molecule has 0 aromatic carbocycles. The maximum atomic E-state index is 11.1. The number of hydrogen-bond donors (Lipinski definition) is 1. The number of nitrogens with zero attached hydrogens (tertiary/aromatic N) is 1. The average Bonchev–Trinajstić information content (AvgIpc) is 2.88. The number of carbonyl (C=O) groups excluding carboxylic acids is 1. The standard InChI is InChI=1S/C15H28N2O5/c1-15(2)21-12-10-17(6-7-20-9-8-19-3)11(14(12)22-15)4-5-13(16)18/h11-12,14H,4-10H2,1-3H3,(H2,16,18)/t11-,12-,14+/m0/s1. The Kier molecular flexibility index (Phi) is 6.17. The van der Waals surface area contributed by atoms with Gasteiger partial charge in [-0.05, 0) is 20.3 Å². The van der Waals surface area contributed by atoms with Crippen LogP contribution in [0.2, 0.25) is 0 Å². The zero-order valence-corrected chi connectivity index (χ0v) is 13.7. The second-order valence-corrected chi connectivity index (χ2v) is 6.31. The molecule has 2 aliphatic heterocycles. The van der Waals surface area contributed by atoms with Gasteiger partial charge in [-0.1, -0.05) is 0 Å². The van der Waals surface area contributed by atoms with Crippen LogP contribution in [-0.2, 0) is 23.7 Å². The van der Waals surface area contributed by atoms with Crippen molar-refractivity contribution in [1.29, 1.82) is 0 Å². The van der Waals surface area contributed by atoms with Crippen molar-refractivity contribution in [2.24, 2.45) is 5.73 Å². The molecule has 2 heterocycles. The molecule has 2 aliphatic rings. The SMILES string of the molecule is COCCOCCN1C[C@@H]2OC(C)(C)O[C@@H]2[C@@H]1CCC(N)=O. The minimum absolute atomic E-state index is 0.00618. The second kappa shape index (κ2) is 7.70. The smallest absolute Gasteiger partial charge is 0.217 e. The first-order chi connectivity index (χ1) is 10.4. The summed E-state index contributed by atoms with van der Waals surface area (Å²) in [5.41, 5.74) is 5.29. The molecule has 2 rings (SSSR count). The normalized spacial score (nSPS) is 30.6. The Morgan fingerprint density at radius 2 is 2.09 bits per heavy atom. The van der Waals surface area contributed by atoms with E-state index in [0.717, 1.165) is 13.1 Å². The fourth-order valence-electron chi connectivity index (χ4n) is 3.22. The molecule has 0 aromatic heterocycles. The Bertz CT molecular complexity index is 377. The van der Waals surface area contributed by atoms with E-state index in [2.05, 4.69) is 4.90 Å². The highest BCUT2D eigenvalue weighted by atomic mass is 16.8. The zero-order chi connectivity index (χ0) is 16.2. The van der Waals surface area contributed by atoms with Gasteiger partial charge in [0, 0.05) is 32.7 Å². The molecule has 22 heavy (non-hydrogen) atoms. The van der Waals surface area contributed by atoms with E-state index >= 15 is 0 Å². The number of fused-ring (bicyclic) bond motifs is 1. The zero-order valence-electron chi connectivity index (χ0n) is 13.7. The Morgan fingerprint density at radius 3 is 2.77 bits per heavy atom. The lowest BCUT2D eigenvalue weighted by molar-refractivity contribution is -0.162. The molecule has 0 aromatic rings. The van der Waals surface area contributed by atoms with E-state index in [4.69, 9.17) is 24.7 Å². The van der Waals surface area contributed by atoms with Crippen molar-refractivity contribution in [1.82, 2.24) is 4.90 Å². The molecule has 0 unspecified atom stereocenters. The predicted molar refractivity (Wildman–Crippen MR) is 80.3 cm³/mol. The minimum atomic E-state index is -0.554. The predicted octanol–water partition coefficient (Wildman–Crippen LogP) is 0.119. The summed E-state index contributed by atoms with van der Waals surface area (Å²) >= 11 is 0. The molecule has 0 spiro atoms. The van der Waals surface area contributed by atoms with Gasteiger partial charge in [0.25, 0.3) is 0 Å². The van der Waals surface area contributed by atoms with Gasteiger partial charge < -0.3 is 24.7 Å². The number of rotatable bonds is 9.